The Kier molecular flexibility index (Phi) is 5.02. The quantitative estimate of drug-likeness (QED) is 0.452. The van der Waals surface area contributed by atoms with E-state index in [-0.39, 0.29) is 11.3 Å². The Bertz CT molecular complexity index is 1310. The molecule has 1 aromatic carbocycles. The van der Waals surface area contributed by atoms with Gasteiger partial charge in [0.1, 0.15) is 5.82 Å². The van der Waals surface area contributed by atoms with E-state index in [9.17, 15) is 4.79 Å². The molecule has 0 saturated carbocycles. The van der Waals surface area contributed by atoms with Gasteiger partial charge in [-0.2, -0.15) is 5.10 Å². The second-order valence-electron chi connectivity index (χ2n) is 8.82. The molecule has 0 bridgehead atoms. The minimum absolute atomic E-state index is 0.161. The molecule has 1 amide bonds. The number of nitrogens with one attached hydrogen (secondary N) is 1. The molecule has 1 aliphatic heterocycles. The molecule has 1 N–H and O–H groups in total. The van der Waals surface area contributed by atoms with Gasteiger partial charge in [-0.05, 0) is 53.3 Å². The largest absolute Gasteiger partial charge is 0.307 e. The number of carbonyl (C=O) groups excluding carboxylic acids is 1. The summed E-state index contributed by atoms with van der Waals surface area (Å²) >= 11 is 6.49. The Morgan fingerprint density at radius 2 is 1.88 bits per heavy atom. The van der Waals surface area contributed by atoms with E-state index in [2.05, 4.69) is 34.2 Å². The van der Waals surface area contributed by atoms with Crippen LogP contribution in [0.15, 0.2) is 67.3 Å². The molecule has 0 spiro atoms. The summed E-state index contributed by atoms with van der Waals surface area (Å²) in [7, 11) is 0. The second kappa shape index (κ2) is 7.88. The van der Waals surface area contributed by atoms with Crippen molar-refractivity contribution in [2.24, 2.45) is 5.41 Å². The number of anilines is 1. The molecule has 6 nitrogen and oxygen atoms in total. The van der Waals surface area contributed by atoms with Crippen LogP contribution in [-0.2, 0) is 13.0 Å². The third-order valence-corrected chi connectivity index (χ3v) is 6.00. The minimum atomic E-state index is -0.233. The van der Waals surface area contributed by atoms with E-state index in [1.54, 1.807) is 24.7 Å². The standard InChI is InChI=1S/C25H22ClN5O/c1-25(2)12-22-20(13-29-31(22)15-25)19-11-23(28-14-21(19)26)30-24(32)18-5-3-4-17(10-18)16-6-8-27-9-7-16/h3-11,13-14H,12,15H2,1-2H3,(H,28,30,32). The van der Waals surface area contributed by atoms with Gasteiger partial charge in [0.2, 0.25) is 0 Å². The van der Waals surface area contributed by atoms with Crippen molar-refractivity contribution in [3.63, 3.8) is 0 Å². The van der Waals surface area contributed by atoms with Gasteiger partial charge in [0.15, 0.2) is 0 Å². The number of carbonyl (C=O) groups is 1. The molecule has 5 rings (SSSR count). The monoisotopic (exact) mass is 443 g/mol. The first-order valence-electron chi connectivity index (χ1n) is 10.4. The molecule has 32 heavy (non-hydrogen) atoms. The number of benzene rings is 1. The predicted octanol–water partition coefficient (Wildman–Crippen LogP) is 5.50. The Balaban J connectivity index is 1.42. The molecule has 0 radical (unpaired) electrons. The van der Waals surface area contributed by atoms with Crippen molar-refractivity contribution in [2.75, 3.05) is 5.32 Å². The number of aromatic nitrogens is 4. The topological polar surface area (TPSA) is 72.7 Å². The average molecular weight is 444 g/mol. The number of amides is 1. The predicted molar refractivity (Wildman–Crippen MR) is 126 cm³/mol. The molecule has 4 aromatic rings. The molecular formula is C25H22ClN5O. The van der Waals surface area contributed by atoms with Crippen LogP contribution in [0.1, 0.15) is 29.9 Å². The summed E-state index contributed by atoms with van der Waals surface area (Å²) in [5, 5.41) is 7.97. The van der Waals surface area contributed by atoms with Crippen molar-refractivity contribution in [3.05, 3.63) is 83.5 Å². The van der Waals surface area contributed by atoms with Gasteiger partial charge in [0.05, 0.1) is 11.2 Å². The van der Waals surface area contributed by atoms with Crippen molar-refractivity contribution < 1.29 is 4.79 Å². The van der Waals surface area contributed by atoms with Crippen LogP contribution in [0.3, 0.4) is 0 Å². The van der Waals surface area contributed by atoms with E-state index in [1.807, 2.05) is 47.3 Å². The number of hydrogen-bond acceptors (Lipinski definition) is 4. The van der Waals surface area contributed by atoms with E-state index in [0.717, 1.165) is 40.9 Å². The molecule has 0 saturated heterocycles. The van der Waals surface area contributed by atoms with Gasteiger partial charge in [0, 0.05) is 47.5 Å². The van der Waals surface area contributed by atoms with E-state index in [1.165, 1.54) is 0 Å². The van der Waals surface area contributed by atoms with Gasteiger partial charge in [-0.15, -0.1) is 0 Å². The third kappa shape index (κ3) is 3.89. The highest BCUT2D eigenvalue weighted by molar-refractivity contribution is 6.33. The lowest BCUT2D eigenvalue weighted by Gasteiger charge is -2.14. The van der Waals surface area contributed by atoms with Gasteiger partial charge < -0.3 is 5.32 Å². The lowest BCUT2D eigenvalue weighted by Crippen LogP contribution is -2.13. The lowest BCUT2D eigenvalue weighted by atomic mass is 9.89. The maximum absolute atomic E-state index is 12.9. The summed E-state index contributed by atoms with van der Waals surface area (Å²) in [6.07, 6.45) is 7.80. The third-order valence-electron chi connectivity index (χ3n) is 5.70. The molecular weight excluding hydrogens is 422 g/mol. The van der Waals surface area contributed by atoms with Crippen LogP contribution in [0.5, 0.6) is 0 Å². The maximum Gasteiger partial charge on any atom is 0.256 e. The zero-order valence-electron chi connectivity index (χ0n) is 17.8. The number of nitrogens with zero attached hydrogens (tertiary/aromatic N) is 4. The number of halogens is 1. The van der Waals surface area contributed by atoms with Crippen molar-refractivity contribution in [1.82, 2.24) is 19.7 Å². The Morgan fingerprint density at radius 3 is 2.69 bits per heavy atom. The van der Waals surface area contributed by atoms with Crippen LogP contribution in [-0.4, -0.2) is 25.7 Å². The van der Waals surface area contributed by atoms with Crippen molar-refractivity contribution in [3.8, 4) is 22.3 Å². The number of fused-ring (bicyclic) bond motifs is 1. The summed E-state index contributed by atoms with van der Waals surface area (Å²) in [5.74, 6) is 0.212. The SMILES string of the molecule is CC1(C)Cc2c(-c3cc(NC(=O)c4cccc(-c5ccncc5)c4)ncc3Cl)cnn2C1. The second-order valence-corrected chi connectivity index (χ2v) is 9.23. The van der Waals surface area contributed by atoms with Gasteiger partial charge in [-0.25, -0.2) is 4.98 Å². The summed E-state index contributed by atoms with van der Waals surface area (Å²) in [4.78, 5) is 21.3. The fraction of sp³-hybridized carbons (Fsp3) is 0.200. The first-order chi connectivity index (χ1) is 15.4. The minimum Gasteiger partial charge on any atom is -0.307 e. The Hall–Kier alpha value is -3.51. The molecule has 1 aliphatic rings. The zero-order chi connectivity index (χ0) is 22.3. The molecule has 0 unspecified atom stereocenters. The zero-order valence-corrected chi connectivity index (χ0v) is 18.6. The van der Waals surface area contributed by atoms with Crippen molar-refractivity contribution >= 4 is 23.3 Å². The lowest BCUT2D eigenvalue weighted by molar-refractivity contribution is 0.102. The first-order valence-corrected chi connectivity index (χ1v) is 10.8. The highest BCUT2D eigenvalue weighted by Gasteiger charge is 2.32. The number of pyridine rings is 2. The summed E-state index contributed by atoms with van der Waals surface area (Å²) in [5.41, 5.74) is 5.62. The summed E-state index contributed by atoms with van der Waals surface area (Å²) < 4.78 is 2.04. The molecule has 0 fully saturated rings. The highest BCUT2D eigenvalue weighted by Crippen LogP contribution is 2.39. The first kappa shape index (κ1) is 20.4. The van der Waals surface area contributed by atoms with E-state index in [0.29, 0.717) is 16.4 Å². The molecule has 0 aliphatic carbocycles. The van der Waals surface area contributed by atoms with Gasteiger partial charge >= 0.3 is 0 Å². The molecule has 4 heterocycles. The van der Waals surface area contributed by atoms with Gasteiger partial charge in [-0.3, -0.25) is 14.5 Å². The maximum atomic E-state index is 12.9. The number of hydrogen-bond donors (Lipinski definition) is 1. The molecule has 160 valence electrons. The van der Waals surface area contributed by atoms with Crippen LogP contribution in [0, 0.1) is 5.41 Å². The normalized spacial score (nSPS) is 14.2. The Morgan fingerprint density at radius 1 is 1.06 bits per heavy atom. The Labute approximate surface area is 191 Å². The van der Waals surface area contributed by atoms with Crippen LogP contribution in [0.4, 0.5) is 5.82 Å². The fourth-order valence-electron chi connectivity index (χ4n) is 4.16. The highest BCUT2D eigenvalue weighted by atomic mass is 35.5. The average Bonchev–Trinajstić information content (AvgIpc) is 3.30. The van der Waals surface area contributed by atoms with E-state index >= 15 is 0 Å². The van der Waals surface area contributed by atoms with Crippen molar-refractivity contribution in [1.29, 1.82) is 0 Å². The molecule has 3 aromatic heterocycles. The van der Waals surface area contributed by atoms with Crippen LogP contribution in [0.25, 0.3) is 22.3 Å². The van der Waals surface area contributed by atoms with Gasteiger partial charge in [-0.1, -0.05) is 37.6 Å². The van der Waals surface area contributed by atoms with Crippen molar-refractivity contribution in [2.45, 2.75) is 26.8 Å². The summed E-state index contributed by atoms with van der Waals surface area (Å²) in [6.45, 7) is 5.33. The van der Waals surface area contributed by atoms with Gasteiger partial charge in [0.25, 0.3) is 5.91 Å². The summed E-state index contributed by atoms with van der Waals surface area (Å²) in [6, 6.07) is 13.1. The number of rotatable bonds is 4. The van der Waals surface area contributed by atoms with E-state index in [4.69, 9.17) is 11.6 Å². The smallest absolute Gasteiger partial charge is 0.256 e. The fourth-order valence-corrected chi connectivity index (χ4v) is 4.36. The van der Waals surface area contributed by atoms with Crippen LogP contribution in [0.2, 0.25) is 5.02 Å². The molecule has 7 heteroatoms. The van der Waals surface area contributed by atoms with E-state index < -0.39 is 0 Å². The van der Waals surface area contributed by atoms with Crippen LogP contribution < -0.4 is 5.32 Å². The molecule has 0 atom stereocenters. The van der Waals surface area contributed by atoms with Crippen LogP contribution >= 0.6 is 11.6 Å².